The van der Waals surface area contributed by atoms with Gasteiger partial charge in [0.25, 0.3) is 0 Å². The first-order chi connectivity index (χ1) is 9.60. The molecule has 3 nitrogen and oxygen atoms in total. The highest BCUT2D eigenvalue weighted by Gasteiger charge is 2.09. The quantitative estimate of drug-likeness (QED) is 0.904. The fraction of sp³-hybridized carbons (Fsp3) is 0.250. The number of hydrogen-bond donors (Lipinski definition) is 1. The summed E-state index contributed by atoms with van der Waals surface area (Å²) >= 11 is 6.25. The molecule has 0 aliphatic carbocycles. The second kappa shape index (κ2) is 6.64. The lowest BCUT2D eigenvalue weighted by Gasteiger charge is -2.12. The van der Waals surface area contributed by atoms with Crippen molar-refractivity contribution in [3.8, 4) is 17.2 Å². The molecule has 2 aromatic carbocycles. The van der Waals surface area contributed by atoms with Gasteiger partial charge in [0.1, 0.15) is 5.75 Å². The van der Waals surface area contributed by atoms with Crippen LogP contribution in [0.1, 0.15) is 12.5 Å². The third-order valence-corrected chi connectivity index (χ3v) is 3.14. The van der Waals surface area contributed by atoms with Gasteiger partial charge in [-0.05, 0) is 43.2 Å². The van der Waals surface area contributed by atoms with Crippen LogP contribution in [0.15, 0.2) is 42.5 Å². The molecule has 0 aliphatic heterocycles. The second-order valence-electron chi connectivity index (χ2n) is 4.70. The molecule has 0 radical (unpaired) electrons. The van der Waals surface area contributed by atoms with Crippen molar-refractivity contribution in [2.75, 3.05) is 7.11 Å². The van der Waals surface area contributed by atoms with Crippen LogP contribution in [0, 0.1) is 0 Å². The zero-order valence-electron chi connectivity index (χ0n) is 11.6. The number of benzene rings is 2. The summed E-state index contributed by atoms with van der Waals surface area (Å²) in [6, 6.07) is 13.3. The smallest absolute Gasteiger partial charge is 0.169 e. The minimum atomic E-state index is 0.104. The summed E-state index contributed by atoms with van der Waals surface area (Å²) in [5, 5.41) is 0.564. The van der Waals surface area contributed by atoms with E-state index in [1.54, 1.807) is 7.11 Å². The first-order valence-corrected chi connectivity index (χ1v) is 6.83. The molecule has 1 atom stereocenters. The van der Waals surface area contributed by atoms with Gasteiger partial charge in [-0.1, -0.05) is 29.8 Å². The molecular formula is C16H18ClNO2. The van der Waals surface area contributed by atoms with Crippen LogP contribution in [0.4, 0.5) is 0 Å². The van der Waals surface area contributed by atoms with E-state index in [1.807, 2.05) is 49.4 Å². The monoisotopic (exact) mass is 291 g/mol. The number of nitrogens with two attached hydrogens (primary N) is 1. The van der Waals surface area contributed by atoms with E-state index in [0.717, 1.165) is 12.0 Å². The van der Waals surface area contributed by atoms with Crippen LogP contribution in [0.5, 0.6) is 17.2 Å². The van der Waals surface area contributed by atoms with Gasteiger partial charge in [0.2, 0.25) is 0 Å². The van der Waals surface area contributed by atoms with E-state index >= 15 is 0 Å². The fourth-order valence-electron chi connectivity index (χ4n) is 1.95. The lowest BCUT2D eigenvalue weighted by Crippen LogP contribution is -2.17. The van der Waals surface area contributed by atoms with Crippen molar-refractivity contribution in [3.05, 3.63) is 53.1 Å². The Morgan fingerprint density at radius 2 is 1.80 bits per heavy atom. The Hall–Kier alpha value is -1.71. The Kier molecular flexibility index (Phi) is 4.88. The summed E-state index contributed by atoms with van der Waals surface area (Å²) in [4.78, 5) is 0. The summed E-state index contributed by atoms with van der Waals surface area (Å²) in [6.07, 6.45) is 0.786. The predicted octanol–water partition coefficient (Wildman–Crippen LogP) is 4.03. The molecule has 0 saturated carbocycles. The van der Waals surface area contributed by atoms with E-state index in [4.69, 9.17) is 26.8 Å². The first kappa shape index (κ1) is 14.7. The lowest BCUT2D eigenvalue weighted by molar-refractivity contribution is 0.379. The minimum absolute atomic E-state index is 0.104. The van der Waals surface area contributed by atoms with E-state index in [9.17, 15) is 0 Å². The number of halogens is 1. The highest BCUT2D eigenvalue weighted by Crippen LogP contribution is 2.35. The average molecular weight is 292 g/mol. The van der Waals surface area contributed by atoms with E-state index in [1.165, 1.54) is 0 Å². The molecule has 0 aliphatic rings. The van der Waals surface area contributed by atoms with E-state index in [0.29, 0.717) is 22.3 Å². The maximum Gasteiger partial charge on any atom is 0.169 e. The molecule has 0 spiro atoms. The summed E-state index contributed by atoms with van der Waals surface area (Å²) in [5.41, 5.74) is 6.88. The summed E-state index contributed by atoms with van der Waals surface area (Å²) in [7, 11) is 1.61. The molecule has 2 rings (SSSR count). The van der Waals surface area contributed by atoms with Crippen LogP contribution in [-0.4, -0.2) is 13.2 Å². The van der Waals surface area contributed by atoms with Crippen LogP contribution in [0.3, 0.4) is 0 Å². The average Bonchev–Trinajstić information content (AvgIpc) is 2.42. The molecule has 1 unspecified atom stereocenters. The summed E-state index contributed by atoms with van der Waals surface area (Å²) in [5.74, 6) is 1.91. The van der Waals surface area contributed by atoms with Crippen LogP contribution in [0.25, 0.3) is 0 Å². The van der Waals surface area contributed by atoms with Gasteiger partial charge in [-0.2, -0.15) is 0 Å². The molecule has 0 fully saturated rings. The number of methoxy groups -OCH3 is 1. The van der Waals surface area contributed by atoms with Gasteiger partial charge >= 0.3 is 0 Å². The van der Waals surface area contributed by atoms with Gasteiger partial charge in [-0.25, -0.2) is 0 Å². The highest BCUT2D eigenvalue weighted by molar-refractivity contribution is 6.32. The van der Waals surface area contributed by atoms with Crippen LogP contribution < -0.4 is 15.2 Å². The Morgan fingerprint density at radius 3 is 2.40 bits per heavy atom. The molecule has 2 N–H and O–H groups in total. The third kappa shape index (κ3) is 3.65. The molecule has 0 aromatic heterocycles. The van der Waals surface area contributed by atoms with Crippen molar-refractivity contribution in [2.45, 2.75) is 19.4 Å². The van der Waals surface area contributed by atoms with Crippen LogP contribution >= 0.6 is 11.6 Å². The number of hydrogen-bond acceptors (Lipinski definition) is 3. The van der Waals surface area contributed by atoms with Gasteiger partial charge in [0, 0.05) is 6.04 Å². The zero-order valence-corrected chi connectivity index (χ0v) is 12.4. The van der Waals surface area contributed by atoms with Gasteiger partial charge < -0.3 is 15.2 Å². The molecule has 0 saturated heterocycles. The molecule has 0 bridgehead atoms. The Balaban J connectivity index is 2.21. The molecule has 20 heavy (non-hydrogen) atoms. The molecule has 106 valence electrons. The predicted molar refractivity (Wildman–Crippen MR) is 81.9 cm³/mol. The molecule has 0 amide bonds. The van der Waals surface area contributed by atoms with E-state index in [2.05, 4.69) is 0 Å². The maximum absolute atomic E-state index is 6.25. The first-order valence-electron chi connectivity index (χ1n) is 6.45. The van der Waals surface area contributed by atoms with E-state index < -0.39 is 0 Å². The third-order valence-electron chi connectivity index (χ3n) is 2.84. The van der Waals surface area contributed by atoms with Crippen LogP contribution in [-0.2, 0) is 6.42 Å². The van der Waals surface area contributed by atoms with Crippen molar-refractivity contribution in [2.24, 2.45) is 5.73 Å². The molecular weight excluding hydrogens is 274 g/mol. The second-order valence-corrected chi connectivity index (χ2v) is 5.11. The number of rotatable bonds is 5. The summed E-state index contributed by atoms with van der Waals surface area (Å²) in [6.45, 7) is 1.97. The molecule has 4 heteroatoms. The lowest BCUT2D eigenvalue weighted by atomic mass is 10.1. The highest BCUT2D eigenvalue weighted by atomic mass is 35.5. The maximum atomic E-state index is 6.25. The van der Waals surface area contributed by atoms with Gasteiger partial charge in [-0.3, -0.25) is 0 Å². The van der Waals surface area contributed by atoms with Gasteiger partial charge in [0.05, 0.1) is 12.1 Å². The van der Waals surface area contributed by atoms with Crippen molar-refractivity contribution < 1.29 is 9.47 Å². The standard InChI is InChI=1S/C16H18ClNO2/c1-11(18)9-12-7-8-14(13(17)10-12)20-16-6-4-3-5-15(16)19-2/h3-8,10-11H,9,18H2,1-2H3. The molecule has 2 aromatic rings. The fourth-order valence-corrected chi connectivity index (χ4v) is 2.19. The van der Waals surface area contributed by atoms with Gasteiger partial charge in [0.15, 0.2) is 11.5 Å². The largest absolute Gasteiger partial charge is 0.493 e. The van der Waals surface area contributed by atoms with Crippen LogP contribution in [0.2, 0.25) is 5.02 Å². The summed E-state index contributed by atoms with van der Waals surface area (Å²) < 4.78 is 11.1. The normalized spacial score (nSPS) is 12.0. The Labute approximate surface area is 124 Å². The van der Waals surface area contributed by atoms with Gasteiger partial charge in [-0.15, -0.1) is 0 Å². The Bertz CT molecular complexity index is 584. The minimum Gasteiger partial charge on any atom is -0.493 e. The topological polar surface area (TPSA) is 44.5 Å². The van der Waals surface area contributed by atoms with Crippen molar-refractivity contribution in [1.82, 2.24) is 0 Å². The zero-order chi connectivity index (χ0) is 14.5. The molecule has 0 heterocycles. The number of ether oxygens (including phenoxy) is 2. The van der Waals surface area contributed by atoms with Crippen molar-refractivity contribution in [1.29, 1.82) is 0 Å². The SMILES string of the molecule is COc1ccccc1Oc1ccc(CC(C)N)cc1Cl. The van der Waals surface area contributed by atoms with Crippen molar-refractivity contribution >= 4 is 11.6 Å². The Morgan fingerprint density at radius 1 is 1.10 bits per heavy atom. The van der Waals surface area contributed by atoms with E-state index in [-0.39, 0.29) is 6.04 Å². The van der Waals surface area contributed by atoms with Crippen molar-refractivity contribution in [3.63, 3.8) is 0 Å². The number of para-hydroxylation sites is 2.